The van der Waals surface area contributed by atoms with Gasteiger partial charge < -0.3 is 10.2 Å². The zero-order valence-electron chi connectivity index (χ0n) is 23.5. The van der Waals surface area contributed by atoms with E-state index in [0.29, 0.717) is 29.5 Å². The van der Waals surface area contributed by atoms with E-state index in [9.17, 15) is 18.0 Å². The number of benzene rings is 3. The van der Waals surface area contributed by atoms with E-state index < -0.39 is 28.5 Å². The Morgan fingerprint density at radius 2 is 1.62 bits per heavy atom. The van der Waals surface area contributed by atoms with Gasteiger partial charge in [0.15, 0.2) is 0 Å². The van der Waals surface area contributed by atoms with Crippen LogP contribution in [0.25, 0.3) is 0 Å². The standard InChI is InChI=1S/C31H38BrN3O4S/c1-5-29(31(37)33-21-23(2)3)34(19-18-25-10-7-6-8-11-25)30(36)22-35(27-13-9-12-26(32)20-27)40(38,39)28-16-14-24(4)15-17-28/h6-17,20,23,29H,5,18-19,21-22H2,1-4H3,(H,33,37). The van der Waals surface area contributed by atoms with Crippen LogP contribution in [0.5, 0.6) is 0 Å². The van der Waals surface area contributed by atoms with Crippen LogP contribution in [0.4, 0.5) is 5.69 Å². The van der Waals surface area contributed by atoms with E-state index >= 15 is 0 Å². The topological polar surface area (TPSA) is 86.8 Å². The van der Waals surface area contributed by atoms with Crippen LogP contribution in [0.3, 0.4) is 0 Å². The maximum absolute atomic E-state index is 14.0. The first-order valence-electron chi connectivity index (χ1n) is 13.5. The highest BCUT2D eigenvalue weighted by Gasteiger charge is 2.33. The molecule has 0 aliphatic carbocycles. The lowest BCUT2D eigenvalue weighted by Gasteiger charge is -2.33. The predicted octanol–water partition coefficient (Wildman–Crippen LogP) is 5.57. The second-order valence-corrected chi connectivity index (χ2v) is 13.0. The summed E-state index contributed by atoms with van der Waals surface area (Å²) in [4.78, 5) is 28.9. The zero-order valence-corrected chi connectivity index (χ0v) is 25.9. The Labute approximate surface area is 246 Å². The third-order valence-electron chi connectivity index (χ3n) is 6.54. The van der Waals surface area contributed by atoms with Crippen LogP contribution in [0, 0.1) is 12.8 Å². The van der Waals surface area contributed by atoms with Gasteiger partial charge in [0.25, 0.3) is 10.0 Å². The number of nitrogens with one attached hydrogen (secondary N) is 1. The van der Waals surface area contributed by atoms with Gasteiger partial charge >= 0.3 is 0 Å². The fraction of sp³-hybridized carbons (Fsp3) is 0.355. The number of aryl methyl sites for hydroxylation is 1. The minimum absolute atomic E-state index is 0.0865. The quantitative estimate of drug-likeness (QED) is 0.268. The van der Waals surface area contributed by atoms with Crippen molar-refractivity contribution in [3.8, 4) is 0 Å². The molecule has 0 aromatic heterocycles. The molecule has 1 N–H and O–H groups in total. The maximum atomic E-state index is 14.0. The van der Waals surface area contributed by atoms with Crippen molar-refractivity contribution >= 4 is 43.5 Å². The Bertz CT molecular complexity index is 1380. The van der Waals surface area contributed by atoms with E-state index in [1.807, 2.05) is 58.0 Å². The van der Waals surface area contributed by atoms with Gasteiger partial charge in [-0.1, -0.05) is 90.8 Å². The molecule has 3 rings (SSSR count). The first-order valence-corrected chi connectivity index (χ1v) is 15.7. The molecule has 0 aliphatic heterocycles. The van der Waals surface area contributed by atoms with E-state index in [1.54, 1.807) is 48.5 Å². The lowest BCUT2D eigenvalue weighted by atomic mass is 10.1. The van der Waals surface area contributed by atoms with Crippen molar-refractivity contribution in [2.24, 2.45) is 5.92 Å². The minimum atomic E-state index is -4.09. The molecule has 0 spiro atoms. The first kappa shape index (κ1) is 31.4. The van der Waals surface area contributed by atoms with Crippen LogP contribution in [-0.4, -0.2) is 50.8 Å². The van der Waals surface area contributed by atoms with Crippen molar-refractivity contribution in [3.63, 3.8) is 0 Å². The van der Waals surface area contributed by atoms with Gasteiger partial charge in [-0.3, -0.25) is 13.9 Å². The summed E-state index contributed by atoms with van der Waals surface area (Å²) in [6.07, 6.45) is 0.925. The molecule has 0 heterocycles. The third kappa shape index (κ3) is 8.41. The average Bonchev–Trinajstić information content (AvgIpc) is 2.93. The molecule has 1 unspecified atom stereocenters. The van der Waals surface area contributed by atoms with Gasteiger partial charge in [-0.2, -0.15) is 0 Å². The number of halogens is 1. The van der Waals surface area contributed by atoms with Crippen LogP contribution >= 0.6 is 15.9 Å². The largest absolute Gasteiger partial charge is 0.354 e. The molecule has 2 amide bonds. The molecular formula is C31H38BrN3O4S. The minimum Gasteiger partial charge on any atom is -0.354 e. The number of rotatable bonds is 13. The summed E-state index contributed by atoms with van der Waals surface area (Å²) in [6.45, 7) is 8.06. The molecule has 0 bridgehead atoms. The van der Waals surface area contributed by atoms with Crippen LogP contribution in [-0.2, 0) is 26.0 Å². The van der Waals surface area contributed by atoms with E-state index in [-0.39, 0.29) is 23.3 Å². The smallest absolute Gasteiger partial charge is 0.264 e. The summed E-state index contributed by atoms with van der Waals surface area (Å²) in [6, 6.07) is 22.4. The van der Waals surface area contributed by atoms with Crippen LogP contribution < -0.4 is 9.62 Å². The molecule has 0 saturated carbocycles. The molecule has 1 atom stereocenters. The van der Waals surface area contributed by atoms with Gasteiger partial charge in [0.05, 0.1) is 10.6 Å². The average molecular weight is 629 g/mol. The number of carbonyl (C=O) groups is 2. The van der Waals surface area contributed by atoms with E-state index in [0.717, 1.165) is 15.4 Å². The Morgan fingerprint density at radius 3 is 2.23 bits per heavy atom. The van der Waals surface area contributed by atoms with Crippen LogP contribution in [0.15, 0.2) is 88.2 Å². The number of nitrogens with zero attached hydrogens (tertiary/aromatic N) is 2. The molecule has 3 aromatic carbocycles. The number of hydrogen-bond donors (Lipinski definition) is 1. The predicted molar refractivity (Wildman–Crippen MR) is 164 cm³/mol. The molecule has 3 aromatic rings. The van der Waals surface area contributed by atoms with Crippen molar-refractivity contribution < 1.29 is 18.0 Å². The summed E-state index contributed by atoms with van der Waals surface area (Å²) < 4.78 is 29.6. The van der Waals surface area contributed by atoms with Gasteiger partial charge in [0.1, 0.15) is 12.6 Å². The lowest BCUT2D eigenvalue weighted by molar-refractivity contribution is -0.139. The van der Waals surface area contributed by atoms with Gasteiger partial charge in [-0.15, -0.1) is 0 Å². The third-order valence-corrected chi connectivity index (χ3v) is 8.82. The van der Waals surface area contributed by atoms with Gasteiger partial charge in [-0.05, 0) is 61.6 Å². The zero-order chi connectivity index (χ0) is 29.3. The summed E-state index contributed by atoms with van der Waals surface area (Å²) in [7, 11) is -4.09. The molecule has 214 valence electrons. The highest BCUT2D eigenvalue weighted by atomic mass is 79.9. The Balaban J connectivity index is 1.99. The maximum Gasteiger partial charge on any atom is 0.264 e. The normalized spacial score (nSPS) is 12.2. The van der Waals surface area contributed by atoms with Crippen molar-refractivity contribution in [3.05, 3.63) is 94.5 Å². The van der Waals surface area contributed by atoms with Crippen LogP contribution in [0.2, 0.25) is 0 Å². The molecule has 9 heteroatoms. The van der Waals surface area contributed by atoms with E-state index in [4.69, 9.17) is 0 Å². The summed E-state index contributed by atoms with van der Waals surface area (Å²) in [5, 5.41) is 2.95. The van der Waals surface area contributed by atoms with E-state index in [2.05, 4.69) is 21.2 Å². The fourth-order valence-corrected chi connectivity index (χ4v) is 6.11. The molecule has 7 nitrogen and oxygen atoms in total. The number of hydrogen-bond acceptors (Lipinski definition) is 4. The first-order chi connectivity index (χ1) is 19.0. The number of amides is 2. The number of carbonyl (C=O) groups excluding carboxylic acids is 2. The van der Waals surface area contributed by atoms with E-state index in [1.165, 1.54) is 4.90 Å². The molecule has 0 saturated heterocycles. The highest BCUT2D eigenvalue weighted by molar-refractivity contribution is 9.10. The van der Waals surface area contributed by atoms with Crippen molar-refractivity contribution in [1.29, 1.82) is 0 Å². The fourth-order valence-electron chi connectivity index (χ4n) is 4.32. The summed E-state index contributed by atoms with van der Waals surface area (Å²) in [5.74, 6) is -0.437. The monoisotopic (exact) mass is 627 g/mol. The van der Waals surface area contributed by atoms with Gasteiger partial charge in [0.2, 0.25) is 11.8 Å². The number of anilines is 1. The Morgan fingerprint density at radius 1 is 0.950 bits per heavy atom. The second kappa shape index (κ2) is 14.5. The molecule has 40 heavy (non-hydrogen) atoms. The highest BCUT2D eigenvalue weighted by Crippen LogP contribution is 2.27. The van der Waals surface area contributed by atoms with Crippen molar-refractivity contribution in [2.75, 3.05) is 23.9 Å². The van der Waals surface area contributed by atoms with Gasteiger partial charge in [-0.25, -0.2) is 8.42 Å². The van der Waals surface area contributed by atoms with Gasteiger partial charge in [0, 0.05) is 17.6 Å². The van der Waals surface area contributed by atoms with Crippen molar-refractivity contribution in [1.82, 2.24) is 10.2 Å². The molecular weight excluding hydrogens is 590 g/mol. The lowest BCUT2D eigenvalue weighted by Crippen LogP contribution is -2.53. The van der Waals surface area contributed by atoms with Crippen molar-refractivity contribution in [2.45, 2.75) is 51.5 Å². The molecule has 0 aliphatic rings. The number of sulfonamides is 1. The second-order valence-electron chi connectivity index (χ2n) is 10.2. The summed E-state index contributed by atoms with van der Waals surface area (Å²) in [5.41, 5.74) is 2.30. The Kier molecular flexibility index (Phi) is 11.3. The summed E-state index contributed by atoms with van der Waals surface area (Å²) >= 11 is 3.42. The Hall–Kier alpha value is -3.17. The van der Waals surface area contributed by atoms with Crippen LogP contribution in [0.1, 0.15) is 38.3 Å². The molecule has 0 fully saturated rings. The molecule has 0 radical (unpaired) electrons. The SMILES string of the molecule is CCC(C(=O)NCC(C)C)N(CCc1ccccc1)C(=O)CN(c1cccc(Br)c1)S(=O)(=O)c1ccc(C)cc1.